The summed E-state index contributed by atoms with van der Waals surface area (Å²) in [6.45, 7) is 1.03. The Balaban J connectivity index is 1.44. The second kappa shape index (κ2) is 10.7. The molecule has 0 atom stereocenters. The van der Waals surface area contributed by atoms with Crippen LogP contribution >= 0.6 is 0 Å². The van der Waals surface area contributed by atoms with Crippen LogP contribution in [0.1, 0.15) is 41.0 Å². The molecule has 38 heavy (non-hydrogen) atoms. The molecule has 3 N–H and O–H groups in total. The number of carbonyl (C=O) groups excluding carboxylic acids is 1. The maximum atomic E-state index is 13.5. The zero-order chi connectivity index (χ0) is 26.7. The fourth-order valence-corrected chi connectivity index (χ4v) is 4.37. The summed E-state index contributed by atoms with van der Waals surface area (Å²) in [6.07, 6.45) is -1.14. The first-order valence-electron chi connectivity index (χ1n) is 12.5. The standard InChI is InChI=1S/C29H28F3N5O/c30-29(31,32)27-18-26(37(35-27)25-11-4-6-21(16-25)19-33)28(38)34-22-7-5-10-24(17-22)36(15-14-20-12-13-20)23-8-2-1-3-9-23/h1-11,16-18,20H,12-15,19,33H2,(H,34,38). The van der Waals surface area contributed by atoms with Gasteiger partial charge in [0.15, 0.2) is 5.69 Å². The number of amides is 1. The van der Waals surface area contributed by atoms with Gasteiger partial charge in [-0.1, -0.05) is 49.2 Å². The fourth-order valence-electron chi connectivity index (χ4n) is 4.37. The van der Waals surface area contributed by atoms with Gasteiger partial charge >= 0.3 is 6.18 Å². The summed E-state index contributed by atoms with van der Waals surface area (Å²) < 4.78 is 41.6. The van der Waals surface area contributed by atoms with Crippen molar-refractivity contribution >= 4 is 23.0 Å². The molecule has 1 fully saturated rings. The van der Waals surface area contributed by atoms with Gasteiger partial charge in [-0.3, -0.25) is 4.79 Å². The first-order valence-corrected chi connectivity index (χ1v) is 12.5. The lowest BCUT2D eigenvalue weighted by Gasteiger charge is -2.25. The van der Waals surface area contributed by atoms with E-state index in [2.05, 4.69) is 15.3 Å². The SMILES string of the molecule is NCc1cccc(-n2nc(C(F)(F)F)cc2C(=O)Nc2cccc(N(CCC3CC3)c3ccccc3)c2)c1. The monoisotopic (exact) mass is 519 g/mol. The Hall–Kier alpha value is -4.11. The average molecular weight is 520 g/mol. The molecule has 196 valence electrons. The molecule has 1 aliphatic carbocycles. The minimum atomic E-state index is -4.70. The van der Waals surface area contributed by atoms with Crippen molar-refractivity contribution in [1.29, 1.82) is 0 Å². The number of para-hydroxylation sites is 1. The summed E-state index contributed by atoms with van der Waals surface area (Å²) >= 11 is 0. The summed E-state index contributed by atoms with van der Waals surface area (Å²) in [5.41, 5.74) is 7.73. The van der Waals surface area contributed by atoms with Crippen LogP contribution in [0.2, 0.25) is 0 Å². The largest absolute Gasteiger partial charge is 0.435 e. The minimum Gasteiger partial charge on any atom is -0.341 e. The van der Waals surface area contributed by atoms with Gasteiger partial charge in [-0.15, -0.1) is 0 Å². The number of carbonyl (C=O) groups is 1. The first-order chi connectivity index (χ1) is 18.3. The Bertz CT molecular complexity index is 1410. The number of aromatic nitrogens is 2. The van der Waals surface area contributed by atoms with Gasteiger partial charge < -0.3 is 16.0 Å². The van der Waals surface area contributed by atoms with Crippen molar-refractivity contribution in [2.24, 2.45) is 11.7 Å². The number of anilines is 3. The lowest BCUT2D eigenvalue weighted by atomic mass is 10.2. The smallest absolute Gasteiger partial charge is 0.341 e. The maximum absolute atomic E-state index is 13.5. The van der Waals surface area contributed by atoms with E-state index in [4.69, 9.17) is 5.73 Å². The fraction of sp³-hybridized carbons (Fsp3) is 0.241. The molecule has 0 bridgehead atoms. The Labute approximate surface area is 218 Å². The van der Waals surface area contributed by atoms with E-state index < -0.39 is 17.8 Å². The molecule has 1 saturated carbocycles. The molecule has 0 unspecified atom stereocenters. The average Bonchev–Trinajstić information content (AvgIpc) is 3.63. The summed E-state index contributed by atoms with van der Waals surface area (Å²) in [7, 11) is 0. The highest BCUT2D eigenvalue weighted by molar-refractivity contribution is 6.03. The van der Waals surface area contributed by atoms with Crippen LogP contribution in [0.25, 0.3) is 5.69 Å². The van der Waals surface area contributed by atoms with Crippen LogP contribution in [0.3, 0.4) is 0 Å². The number of rotatable bonds is 9. The maximum Gasteiger partial charge on any atom is 0.435 e. The Kier molecular flexibility index (Phi) is 7.20. The van der Waals surface area contributed by atoms with E-state index in [-0.39, 0.29) is 12.2 Å². The number of halogens is 3. The Morgan fingerprint density at radius 3 is 2.42 bits per heavy atom. The molecule has 9 heteroatoms. The minimum absolute atomic E-state index is 0.203. The van der Waals surface area contributed by atoms with Gasteiger partial charge in [0.05, 0.1) is 5.69 Å². The van der Waals surface area contributed by atoms with Crippen LogP contribution in [0.5, 0.6) is 0 Å². The number of nitrogens with zero attached hydrogens (tertiary/aromatic N) is 3. The van der Waals surface area contributed by atoms with E-state index in [1.807, 2.05) is 48.5 Å². The molecule has 6 nitrogen and oxygen atoms in total. The molecule has 1 heterocycles. The number of benzene rings is 3. The number of hydrogen-bond acceptors (Lipinski definition) is 4. The molecule has 1 aliphatic rings. The van der Waals surface area contributed by atoms with Gasteiger partial charge in [0.2, 0.25) is 0 Å². The highest BCUT2D eigenvalue weighted by atomic mass is 19.4. The van der Waals surface area contributed by atoms with Crippen molar-refractivity contribution in [3.05, 3.63) is 102 Å². The third-order valence-corrected chi connectivity index (χ3v) is 6.56. The molecule has 5 rings (SSSR count). The normalized spacial score (nSPS) is 13.4. The number of nitrogens with two attached hydrogens (primary N) is 1. The molecule has 1 aromatic heterocycles. The van der Waals surface area contributed by atoms with Crippen LogP contribution < -0.4 is 16.0 Å². The molecule has 4 aromatic rings. The quantitative estimate of drug-likeness (QED) is 0.263. The lowest BCUT2D eigenvalue weighted by Crippen LogP contribution is -2.20. The van der Waals surface area contributed by atoms with E-state index >= 15 is 0 Å². The van der Waals surface area contributed by atoms with Crippen molar-refractivity contribution < 1.29 is 18.0 Å². The summed E-state index contributed by atoms with van der Waals surface area (Å²) in [5, 5.41) is 6.47. The van der Waals surface area contributed by atoms with E-state index in [0.29, 0.717) is 16.9 Å². The molecule has 3 aromatic carbocycles. The molecular formula is C29H28F3N5O. The number of alkyl halides is 3. The second-order valence-corrected chi connectivity index (χ2v) is 9.42. The van der Waals surface area contributed by atoms with Crippen LogP contribution in [0.15, 0.2) is 84.9 Å². The van der Waals surface area contributed by atoms with E-state index in [1.54, 1.807) is 30.3 Å². The van der Waals surface area contributed by atoms with E-state index in [1.165, 1.54) is 12.8 Å². The number of hydrogen-bond donors (Lipinski definition) is 2. The third kappa shape index (κ3) is 5.89. The topological polar surface area (TPSA) is 76.2 Å². The first kappa shape index (κ1) is 25.5. The zero-order valence-corrected chi connectivity index (χ0v) is 20.7. The molecule has 0 spiro atoms. The van der Waals surface area contributed by atoms with Crippen molar-refractivity contribution in [3.8, 4) is 5.69 Å². The highest BCUT2D eigenvalue weighted by Gasteiger charge is 2.36. The van der Waals surface area contributed by atoms with E-state index in [9.17, 15) is 18.0 Å². The van der Waals surface area contributed by atoms with Crippen molar-refractivity contribution in [2.75, 3.05) is 16.8 Å². The van der Waals surface area contributed by atoms with Crippen LogP contribution in [-0.4, -0.2) is 22.2 Å². The predicted octanol–water partition coefficient (Wildman–Crippen LogP) is 6.54. The van der Waals surface area contributed by atoms with Gasteiger partial charge in [0, 0.05) is 36.2 Å². The zero-order valence-electron chi connectivity index (χ0n) is 20.7. The predicted molar refractivity (Wildman–Crippen MR) is 142 cm³/mol. The number of nitrogens with one attached hydrogen (secondary N) is 1. The van der Waals surface area contributed by atoms with Crippen LogP contribution in [-0.2, 0) is 12.7 Å². The summed E-state index contributed by atoms with van der Waals surface area (Å²) in [6, 6.07) is 24.7. The Morgan fingerprint density at radius 1 is 0.974 bits per heavy atom. The van der Waals surface area contributed by atoms with Crippen LogP contribution in [0, 0.1) is 5.92 Å². The third-order valence-electron chi connectivity index (χ3n) is 6.56. The highest BCUT2D eigenvalue weighted by Crippen LogP contribution is 2.35. The molecule has 0 radical (unpaired) electrons. The lowest BCUT2D eigenvalue weighted by molar-refractivity contribution is -0.141. The van der Waals surface area contributed by atoms with Crippen LogP contribution in [0.4, 0.5) is 30.2 Å². The molecule has 0 aliphatic heterocycles. The Morgan fingerprint density at radius 2 is 1.71 bits per heavy atom. The molecule has 0 saturated heterocycles. The molecule has 1 amide bonds. The van der Waals surface area contributed by atoms with Gasteiger partial charge in [-0.05, 0) is 60.4 Å². The van der Waals surface area contributed by atoms with Crippen molar-refractivity contribution in [1.82, 2.24) is 9.78 Å². The van der Waals surface area contributed by atoms with Gasteiger partial charge in [-0.2, -0.15) is 18.3 Å². The molecular weight excluding hydrogens is 491 g/mol. The van der Waals surface area contributed by atoms with Gasteiger partial charge in [0.1, 0.15) is 5.69 Å². The van der Waals surface area contributed by atoms with Crippen molar-refractivity contribution in [3.63, 3.8) is 0 Å². The van der Waals surface area contributed by atoms with Gasteiger partial charge in [0.25, 0.3) is 5.91 Å². The van der Waals surface area contributed by atoms with Crippen molar-refractivity contribution in [2.45, 2.75) is 32.0 Å². The summed E-state index contributed by atoms with van der Waals surface area (Å²) in [4.78, 5) is 15.5. The second-order valence-electron chi connectivity index (χ2n) is 9.42. The van der Waals surface area contributed by atoms with Gasteiger partial charge in [-0.25, -0.2) is 4.68 Å². The summed E-state index contributed by atoms with van der Waals surface area (Å²) in [5.74, 6) is 0.0394. The van der Waals surface area contributed by atoms with E-state index in [0.717, 1.165) is 41.0 Å².